The van der Waals surface area contributed by atoms with Crippen molar-refractivity contribution in [1.82, 2.24) is 4.98 Å². The Kier molecular flexibility index (Phi) is 2.68. The SMILES string of the molecule is COC(=O)c1cc(Br)c2ccccc2n1. The number of fused-ring (bicyclic) bond motifs is 1. The second kappa shape index (κ2) is 3.98. The van der Waals surface area contributed by atoms with Crippen molar-refractivity contribution in [2.45, 2.75) is 0 Å². The first-order valence-corrected chi connectivity index (χ1v) is 5.15. The number of aromatic nitrogens is 1. The largest absolute Gasteiger partial charge is 0.464 e. The molecule has 0 aliphatic rings. The van der Waals surface area contributed by atoms with Crippen molar-refractivity contribution in [2.75, 3.05) is 7.11 Å². The third-order valence-corrected chi connectivity index (χ3v) is 2.72. The molecule has 0 N–H and O–H groups in total. The molecule has 0 saturated carbocycles. The number of benzene rings is 1. The van der Waals surface area contributed by atoms with Gasteiger partial charge in [0.05, 0.1) is 12.6 Å². The Morgan fingerprint density at radius 1 is 1.40 bits per heavy atom. The van der Waals surface area contributed by atoms with Crippen LogP contribution in [0, 0.1) is 0 Å². The van der Waals surface area contributed by atoms with E-state index >= 15 is 0 Å². The van der Waals surface area contributed by atoms with E-state index in [0.717, 1.165) is 15.4 Å². The van der Waals surface area contributed by atoms with Gasteiger partial charge in [-0.25, -0.2) is 9.78 Å². The molecule has 0 atom stereocenters. The Morgan fingerprint density at radius 3 is 2.87 bits per heavy atom. The molecule has 0 spiro atoms. The van der Waals surface area contributed by atoms with Crippen LogP contribution >= 0.6 is 15.9 Å². The molecule has 0 saturated heterocycles. The van der Waals surface area contributed by atoms with Gasteiger partial charge in [-0.1, -0.05) is 34.1 Å². The summed E-state index contributed by atoms with van der Waals surface area (Å²) in [6.45, 7) is 0. The van der Waals surface area contributed by atoms with Crippen molar-refractivity contribution in [3.8, 4) is 0 Å². The topological polar surface area (TPSA) is 39.2 Å². The number of ether oxygens (including phenoxy) is 1. The van der Waals surface area contributed by atoms with E-state index in [1.54, 1.807) is 6.07 Å². The van der Waals surface area contributed by atoms with Crippen LogP contribution in [-0.2, 0) is 4.74 Å². The minimum atomic E-state index is -0.429. The molecule has 4 heteroatoms. The highest BCUT2D eigenvalue weighted by Gasteiger charge is 2.10. The lowest BCUT2D eigenvalue weighted by atomic mass is 10.2. The molecule has 0 amide bonds. The lowest BCUT2D eigenvalue weighted by Crippen LogP contribution is -2.04. The number of esters is 1. The first-order valence-electron chi connectivity index (χ1n) is 4.36. The van der Waals surface area contributed by atoms with E-state index in [-0.39, 0.29) is 0 Å². The fraction of sp³-hybridized carbons (Fsp3) is 0.0909. The van der Waals surface area contributed by atoms with E-state index < -0.39 is 5.97 Å². The Labute approximate surface area is 95.2 Å². The number of pyridine rings is 1. The van der Waals surface area contributed by atoms with E-state index in [4.69, 9.17) is 0 Å². The second-order valence-corrected chi connectivity index (χ2v) is 3.85. The number of rotatable bonds is 1. The highest BCUT2D eigenvalue weighted by Crippen LogP contribution is 2.23. The van der Waals surface area contributed by atoms with Gasteiger partial charge in [0.2, 0.25) is 0 Å². The van der Waals surface area contributed by atoms with Crippen LogP contribution in [0.2, 0.25) is 0 Å². The van der Waals surface area contributed by atoms with E-state index in [1.807, 2.05) is 24.3 Å². The molecular weight excluding hydrogens is 258 g/mol. The molecule has 0 radical (unpaired) electrons. The van der Waals surface area contributed by atoms with E-state index in [2.05, 4.69) is 25.7 Å². The van der Waals surface area contributed by atoms with Crippen molar-refractivity contribution in [3.05, 3.63) is 40.5 Å². The lowest BCUT2D eigenvalue weighted by molar-refractivity contribution is 0.0594. The van der Waals surface area contributed by atoms with E-state index in [9.17, 15) is 4.79 Å². The first-order chi connectivity index (χ1) is 7.22. The maximum absolute atomic E-state index is 11.3. The third kappa shape index (κ3) is 1.85. The number of methoxy groups -OCH3 is 1. The van der Waals surface area contributed by atoms with Crippen molar-refractivity contribution in [3.63, 3.8) is 0 Å². The summed E-state index contributed by atoms with van der Waals surface area (Å²) in [5.41, 5.74) is 1.08. The maximum atomic E-state index is 11.3. The van der Waals surface area contributed by atoms with Gasteiger partial charge in [0, 0.05) is 9.86 Å². The predicted octanol–water partition coefficient (Wildman–Crippen LogP) is 2.78. The van der Waals surface area contributed by atoms with Gasteiger partial charge in [-0.05, 0) is 12.1 Å². The van der Waals surface area contributed by atoms with Crippen molar-refractivity contribution in [1.29, 1.82) is 0 Å². The van der Waals surface area contributed by atoms with Gasteiger partial charge in [0.25, 0.3) is 0 Å². The minimum absolute atomic E-state index is 0.308. The summed E-state index contributed by atoms with van der Waals surface area (Å²) < 4.78 is 5.46. The number of hydrogen-bond acceptors (Lipinski definition) is 3. The molecule has 0 fully saturated rings. The molecular formula is C11H8BrNO2. The Hall–Kier alpha value is -1.42. The first kappa shape index (κ1) is 10.1. The number of para-hydroxylation sites is 1. The molecule has 0 aliphatic carbocycles. The molecule has 2 aromatic rings. The molecule has 1 aromatic heterocycles. The minimum Gasteiger partial charge on any atom is -0.464 e. The number of hydrogen-bond donors (Lipinski definition) is 0. The average Bonchev–Trinajstić information content (AvgIpc) is 2.28. The van der Waals surface area contributed by atoms with Gasteiger partial charge in [-0.15, -0.1) is 0 Å². The summed E-state index contributed by atoms with van der Waals surface area (Å²) in [6, 6.07) is 9.25. The standard InChI is InChI=1S/C11H8BrNO2/c1-15-11(14)10-6-8(12)7-4-2-3-5-9(7)13-10/h2-6H,1H3. The van der Waals surface area contributed by atoms with Crippen LogP contribution in [0.1, 0.15) is 10.5 Å². The van der Waals surface area contributed by atoms with Crippen molar-refractivity contribution in [2.24, 2.45) is 0 Å². The van der Waals surface area contributed by atoms with Gasteiger partial charge >= 0.3 is 5.97 Å². The van der Waals surface area contributed by atoms with Crippen LogP contribution in [0.3, 0.4) is 0 Å². The van der Waals surface area contributed by atoms with Crippen LogP contribution in [0.4, 0.5) is 0 Å². The number of carbonyl (C=O) groups is 1. The van der Waals surface area contributed by atoms with Crippen molar-refractivity contribution >= 4 is 32.8 Å². The summed E-state index contributed by atoms with van der Waals surface area (Å²) in [5, 5.41) is 0.977. The van der Waals surface area contributed by atoms with Crippen molar-refractivity contribution < 1.29 is 9.53 Å². The average molecular weight is 266 g/mol. The quantitative estimate of drug-likeness (QED) is 0.745. The third-order valence-electron chi connectivity index (χ3n) is 2.06. The number of halogens is 1. The summed E-state index contributed by atoms with van der Waals surface area (Å²) >= 11 is 3.40. The van der Waals surface area contributed by atoms with Gasteiger partial charge in [0.15, 0.2) is 0 Å². The van der Waals surface area contributed by atoms with E-state index in [1.165, 1.54) is 7.11 Å². The van der Waals surface area contributed by atoms with Gasteiger partial charge < -0.3 is 4.74 Å². The Bertz CT molecular complexity index is 525. The highest BCUT2D eigenvalue weighted by atomic mass is 79.9. The molecule has 1 heterocycles. The summed E-state index contributed by atoms with van der Waals surface area (Å²) in [6.07, 6.45) is 0. The number of nitrogens with zero attached hydrogens (tertiary/aromatic N) is 1. The molecule has 2 rings (SSSR count). The fourth-order valence-corrected chi connectivity index (χ4v) is 1.89. The maximum Gasteiger partial charge on any atom is 0.356 e. The Morgan fingerprint density at radius 2 is 2.13 bits per heavy atom. The van der Waals surface area contributed by atoms with Crippen LogP contribution in [0.15, 0.2) is 34.8 Å². The van der Waals surface area contributed by atoms with Crippen LogP contribution in [0.5, 0.6) is 0 Å². The molecule has 15 heavy (non-hydrogen) atoms. The molecule has 76 valence electrons. The van der Waals surface area contributed by atoms with Crippen LogP contribution in [-0.4, -0.2) is 18.1 Å². The van der Waals surface area contributed by atoms with Crippen LogP contribution in [0.25, 0.3) is 10.9 Å². The van der Waals surface area contributed by atoms with Gasteiger partial charge in [-0.3, -0.25) is 0 Å². The molecule has 0 unspecified atom stereocenters. The number of carbonyl (C=O) groups excluding carboxylic acids is 1. The zero-order valence-electron chi connectivity index (χ0n) is 8.03. The smallest absolute Gasteiger partial charge is 0.356 e. The highest BCUT2D eigenvalue weighted by molar-refractivity contribution is 9.10. The summed E-state index contributed by atoms with van der Waals surface area (Å²) in [5.74, 6) is -0.429. The zero-order valence-corrected chi connectivity index (χ0v) is 9.61. The summed E-state index contributed by atoms with van der Waals surface area (Å²) in [7, 11) is 1.34. The normalized spacial score (nSPS) is 10.3. The molecule has 3 nitrogen and oxygen atoms in total. The fourth-order valence-electron chi connectivity index (χ4n) is 1.34. The zero-order chi connectivity index (χ0) is 10.8. The van der Waals surface area contributed by atoms with E-state index in [0.29, 0.717) is 5.69 Å². The molecule has 1 aromatic carbocycles. The monoisotopic (exact) mass is 265 g/mol. The Balaban J connectivity index is 2.67. The molecule has 0 aliphatic heterocycles. The van der Waals surface area contributed by atoms with Crippen LogP contribution < -0.4 is 0 Å². The second-order valence-electron chi connectivity index (χ2n) is 3.00. The predicted molar refractivity (Wildman–Crippen MR) is 60.8 cm³/mol. The molecule has 0 bridgehead atoms. The summed E-state index contributed by atoms with van der Waals surface area (Å²) in [4.78, 5) is 15.5. The lowest BCUT2D eigenvalue weighted by Gasteiger charge is -2.03. The van der Waals surface area contributed by atoms with Gasteiger partial charge in [-0.2, -0.15) is 0 Å². The van der Waals surface area contributed by atoms with Gasteiger partial charge in [0.1, 0.15) is 5.69 Å².